The molecule has 1 rings (SSSR count). The number of allylic oxidation sites excluding steroid dienone is 2. The zero-order valence-corrected chi connectivity index (χ0v) is 9.58. The molecule has 0 saturated heterocycles. The van der Waals surface area contributed by atoms with E-state index in [4.69, 9.17) is 0 Å². The number of aromatic amines is 1. The van der Waals surface area contributed by atoms with Gasteiger partial charge in [0.1, 0.15) is 5.78 Å². The van der Waals surface area contributed by atoms with Crippen molar-refractivity contribution in [3.05, 3.63) is 30.4 Å². The van der Waals surface area contributed by atoms with Crippen molar-refractivity contribution in [3.63, 3.8) is 0 Å². The summed E-state index contributed by atoms with van der Waals surface area (Å²) in [6, 6.07) is 0. The summed E-state index contributed by atoms with van der Waals surface area (Å²) in [5, 5.41) is 0. The summed E-state index contributed by atoms with van der Waals surface area (Å²) in [5.41, 5.74) is 0.709. The molecule has 0 aliphatic heterocycles. The van der Waals surface area contributed by atoms with Crippen LogP contribution in [0.1, 0.15) is 32.9 Å². The van der Waals surface area contributed by atoms with Crippen molar-refractivity contribution in [2.24, 2.45) is 5.41 Å². The second kappa shape index (κ2) is 4.91. The van der Waals surface area contributed by atoms with Crippen molar-refractivity contribution in [1.82, 2.24) is 9.97 Å². The number of Topliss-reactive ketones (excluding diaryl/α,β-unsaturated/α-hetero) is 1. The number of hydrogen-bond acceptors (Lipinski definition) is 2. The van der Waals surface area contributed by atoms with E-state index in [-0.39, 0.29) is 11.2 Å². The lowest BCUT2D eigenvalue weighted by molar-refractivity contribution is -0.124. The number of carbonyl (C=O) groups is 1. The standard InChI is InChI=1S/C12H18N2O/c1-4-11(15)12(2,3)7-5-6-10-8-13-9-14-10/h5,7-9H,4,6H2,1-3H3,(H,13,14)/b7-5-. The number of H-pyrrole nitrogens is 1. The van der Waals surface area contributed by atoms with Gasteiger partial charge in [0.15, 0.2) is 0 Å². The molecule has 3 heteroatoms. The van der Waals surface area contributed by atoms with Crippen LogP contribution in [0, 0.1) is 5.41 Å². The molecule has 82 valence electrons. The molecule has 0 atom stereocenters. The lowest BCUT2D eigenvalue weighted by Crippen LogP contribution is -2.20. The van der Waals surface area contributed by atoms with Gasteiger partial charge in [-0.15, -0.1) is 0 Å². The Labute approximate surface area is 90.6 Å². The number of rotatable bonds is 5. The molecule has 0 unspecified atom stereocenters. The van der Waals surface area contributed by atoms with Gasteiger partial charge in [-0.2, -0.15) is 0 Å². The Morgan fingerprint density at radius 1 is 1.60 bits per heavy atom. The third-order valence-electron chi connectivity index (χ3n) is 2.47. The maximum atomic E-state index is 11.6. The SMILES string of the molecule is CCC(=O)C(C)(C)/C=C\Cc1cnc[nH]1. The van der Waals surface area contributed by atoms with Gasteiger partial charge in [0.2, 0.25) is 0 Å². The van der Waals surface area contributed by atoms with Gasteiger partial charge in [-0.1, -0.05) is 19.1 Å². The van der Waals surface area contributed by atoms with Crippen LogP contribution >= 0.6 is 0 Å². The highest BCUT2D eigenvalue weighted by atomic mass is 16.1. The molecule has 0 radical (unpaired) electrons. The number of imidazole rings is 1. The van der Waals surface area contributed by atoms with Crippen molar-refractivity contribution in [2.75, 3.05) is 0 Å². The molecule has 1 aromatic heterocycles. The molecule has 0 aliphatic carbocycles. The highest BCUT2D eigenvalue weighted by molar-refractivity contribution is 5.85. The molecule has 0 saturated carbocycles. The van der Waals surface area contributed by atoms with E-state index >= 15 is 0 Å². The largest absolute Gasteiger partial charge is 0.348 e. The Balaban J connectivity index is 2.53. The van der Waals surface area contributed by atoms with Crippen LogP contribution in [0.4, 0.5) is 0 Å². The van der Waals surface area contributed by atoms with Crippen molar-refractivity contribution >= 4 is 5.78 Å². The molecule has 0 aliphatic rings. The molecule has 15 heavy (non-hydrogen) atoms. The van der Waals surface area contributed by atoms with Crippen molar-refractivity contribution < 1.29 is 4.79 Å². The van der Waals surface area contributed by atoms with E-state index in [9.17, 15) is 4.79 Å². The Hall–Kier alpha value is -1.38. The van der Waals surface area contributed by atoms with Gasteiger partial charge in [-0.25, -0.2) is 4.98 Å². The number of ketones is 1. The Morgan fingerprint density at radius 2 is 2.33 bits per heavy atom. The zero-order valence-electron chi connectivity index (χ0n) is 9.58. The minimum Gasteiger partial charge on any atom is -0.348 e. The Morgan fingerprint density at radius 3 is 2.87 bits per heavy atom. The number of carbonyl (C=O) groups excluding carboxylic acids is 1. The second-order valence-corrected chi connectivity index (χ2v) is 4.18. The third-order valence-corrected chi connectivity index (χ3v) is 2.47. The quantitative estimate of drug-likeness (QED) is 0.752. The minimum absolute atomic E-state index is 0.267. The number of nitrogens with one attached hydrogen (secondary N) is 1. The molecule has 0 aromatic carbocycles. The first-order valence-electron chi connectivity index (χ1n) is 5.24. The van der Waals surface area contributed by atoms with Gasteiger partial charge < -0.3 is 4.98 Å². The zero-order chi connectivity index (χ0) is 11.3. The summed E-state index contributed by atoms with van der Waals surface area (Å²) in [6.45, 7) is 5.79. The second-order valence-electron chi connectivity index (χ2n) is 4.18. The molecular formula is C12H18N2O. The third kappa shape index (κ3) is 3.35. The van der Waals surface area contributed by atoms with E-state index in [2.05, 4.69) is 9.97 Å². The van der Waals surface area contributed by atoms with Crippen LogP contribution in [0.2, 0.25) is 0 Å². The average Bonchev–Trinajstić information content (AvgIpc) is 2.69. The summed E-state index contributed by atoms with van der Waals surface area (Å²) in [7, 11) is 0. The summed E-state index contributed by atoms with van der Waals surface area (Å²) in [6.07, 6.45) is 8.81. The Bertz CT molecular complexity index is 337. The lowest BCUT2D eigenvalue weighted by Gasteiger charge is -2.17. The van der Waals surface area contributed by atoms with E-state index < -0.39 is 0 Å². The fourth-order valence-corrected chi connectivity index (χ4v) is 1.43. The van der Waals surface area contributed by atoms with Crippen LogP contribution in [0.3, 0.4) is 0 Å². The summed E-state index contributed by atoms with van der Waals surface area (Å²) in [4.78, 5) is 18.5. The van der Waals surface area contributed by atoms with E-state index in [0.29, 0.717) is 6.42 Å². The average molecular weight is 206 g/mol. The van der Waals surface area contributed by atoms with Gasteiger partial charge >= 0.3 is 0 Å². The van der Waals surface area contributed by atoms with Gasteiger partial charge in [-0.05, 0) is 13.8 Å². The fourth-order valence-electron chi connectivity index (χ4n) is 1.43. The topological polar surface area (TPSA) is 45.8 Å². The smallest absolute Gasteiger partial charge is 0.141 e. The van der Waals surface area contributed by atoms with Crippen LogP contribution in [-0.2, 0) is 11.2 Å². The predicted octanol–water partition coefficient (Wildman–Crippen LogP) is 2.51. The molecular weight excluding hydrogens is 188 g/mol. The van der Waals surface area contributed by atoms with Crippen LogP contribution < -0.4 is 0 Å². The highest BCUT2D eigenvalue weighted by Crippen LogP contribution is 2.20. The predicted molar refractivity (Wildman–Crippen MR) is 60.5 cm³/mol. The van der Waals surface area contributed by atoms with E-state index in [0.717, 1.165) is 12.1 Å². The molecule has 0 spiro atoms. The molecule has 0 bridgehead atoms. The molecule has 1 heterocycles. The number of nitrogens with zero attached hydrogens (tertiary/aromatic N) is 1. The van der Waals surface area contributed by atoms with Gasteiger partial charge in [0.25, 0.3) is 0 Å². The molecule has 0 amide bonds. The fraction of sp³-hybridized carbons (Fsp3) is 0.500. The number of aromatic nitrogens is 2. The van der Waals surface area contributed by atoms with E-state index in [1.807, 2.05) is 32.9 Å². The monoisotopic (exact) mass is 206 g/mol. The Kier molecular flexibility index (Phi) is 3.83. The molecule has 0 fully saturated rings. The van der Waals surface area contributed by atoms with Crippen LogP contribution in [0.25, 0.3) is 0 Å². The van der Waals surface area contributed by atoms with E-state index in [1.54, 1.807) is 12.5 Å². The maximum absolute atomic E-state index is 11.6. The molecule has 1 aromatic rings. The normalized spacial score (nSPS) is 12.2. The summed E-state index contributed by atoms with van der Waals surface area (Å²) < 4.78 is 0. The van der Waals surface area contributed by atoms with Crippen LogP contribution in [-0.4, -0.2) is 15.8 Å². The number of hydrogen-bond donors (Lipinski definition) is 1. The molecule has 1 N–H and O–H groups in total. The molecule has 3 nitrogen and oxygen atoms in total. The first kappa shape index (κ1) is 11.7. The van der Waals surface area contributed by atoms with Gasteiger partial charge in [0.05, 0.1) is 6.33 Å². The van der Waals surface area contributed by atoms with Crippen LogP contribution in [0.5, 0.6) is 0 Å². The van der Waals surface area contributed by atoms with Gasteiger partial charge in [0, 0.05) is 30.1 Å². The highest BCUT2D eigenvalue weighted by Gasteiger charge is 2.21. The van der Waals surface area contributed by atoms with Crippen molar-refractivity contribution in [1.29, 1.82) is 0 Å². The first-order valence-corrected chi connectivity index (χ1v) is 5.24. The van der Waals surface area contributed by atoms with Gasteiger partial charge in [-0.3, -0.25) is 4.79 Å². The lowest BCUT2D eigenvalue weighted by atomic mass is 9.86. The van der Waals surface area contributed by atoms with Crippen molar-refractivity contribution in [2.45, 2.75) is 33.6 Å². The van der Waals surface area contributed by atoms with Crippen LogP contribution in [0.15, 0.2) is 24.7 Å². The summed E-state index contributed by atoms with van der Waals surface area (Å²) >= 11 is 0. The maximum Gasteiger partial charge on any atom is 0.141 e. The van der Waals surface area contributed by atoms with E-state index in [1.165, 1.54) is 0 Å². The summed E-state index contributed by atoms with van der Waals surface area (Å²) in [5.74, 6) is 0.267. The van der Waals surface area contributed by atoms with Crippen molar-refractivity contribution in [3.8, 4) is 0 Å². The minimum atomic E-state index is -0.352. The first-order chi connectivity index (χ1) is 7.06.